The smallest absolute Gasteiger partial charge is 0.404 e. The lowest BCUT2D eigenvalue weighted by Crippen LogP contribution is -2.69. The number of primary amides is 1. The molecule has 1 aromatic rings. The van der Waals surface area contributed by atoms with Crippen molar-refractivity contribution in [2.75, 3.05) is 6.61 Å². The molecule has 2 aliphatic heterocycles. The van der Waals surface area contributed by atoms with Gasteiger partial charge in [0.25, 0.3) is 0 Å². The lowest BCUT2D eigenvalue weighted by Gasteiger charge is -2.49. The molecule has 10 heteroatoms. The number of hydrogen-bond acceptors (Lipinski definition) is 7. The first kappa shape index (κ1) is 18.9. The van der Waals surface area contributed by atoms with E-state index in [1.165, 1.54) is 0 Å². The van der Waals surface area contributed by atoms with Gasteiger partial charge in [0, 0.05) is 12.0 Å². The number of ketones is 1. The molecule has 0 saturated carbocycles. The molecule has 1 saturated heterocycles. The van der Waals surface area contributed by atoms with Gasteiger partial charge >= 0.3 is 12.1 Å². The summed E-state index contributed by atoms with van der Waals surface area (Å²) in [6.07, 6.45) is -1.05. The normalized spacial score (nSPS) is 24.1. The zero-order chi connectivity index (χ0) is 19.7. The van der Waals surface area contributed by atoms with Crippen LogP contribution in [0, 0.1) is 0 Å². The molecule has 5 N–H and O–H groups in total. The highest BCUT2D eigenvalue weighted by atomic mass is 32.2. The molecule has 1 aromatic carbocycles. The summed E-state index contributed by atoms with van der Waals surface area (Å²) in [5, 5.41) is 8.02. The van der Waals surface area contributed by atoms with E-state index < -0.39 is 41.2 Å². The van der Waals surface area contributed by atoms with Gasteiger partial charge in [0.05, 0.1) is 5.25 Å². The molecule has 0 spiro atoms. The van der Waals surface area contributed by atoms with Crippen LogP contribution in [0.1, 0.15) is 5.56 Å². The van der Waals surface area contributed by atoms with Crippen LogP contribution in [-0.2, 0) is 25.5 Å². The third-order valence-electron chi connectivity index (χ3n) is 4.31. The number of nitrogens with two attached hydrogens (primary N) is 2. The Hall–Kier alpha value is -2.85. The number of carboxylic acids is 1. The lowest BCUT2D eigenvalue weighted by atomic mass is 9.97. The fourth-order valence-electron chi connectivity index (χ4n) is 3.06. The molecule has 3 atom stereocenters. The standard InChI is InChI=1S/C17H17N3O6S/c18-11-14(22)20-12(16(23)24)9(7-26-17(19)25)13(27-15(11)20)10(21)6-8-4-2-1-3-5-8/h1-5,11,13,15H,6-7,18H2,(H2,19,25)(H,23,24)/t11?,13?,15-/m1/s1. The van der Waals surface area contributed by atoms with E-state index in [0.717, 1.165) is 22.2 Å². The molecular weight excluding hydrogens is 374 g/mol. The largest absolute Gasteiger partial charge is 0.477 e. The molecule has 9 nitrogen and oxygen atoms in total. The van der Waals surface area contributed by atoms with Crippen LogP contribution in [0.2, 0.25) is 0 Å². The Labute approximate surface area is 158 Å². The number of carbonyl (C=O) groups excluding carboxylic acids is 3. The zero-order valence-corrected chi connectivity index (χ0v) is 14.8. The molecule has 1 fully saturated rings. The second-order valence-corrected chi connectivity index (χ2v) is 7.28. The van der Waals surface area contributed by atoms with Crippen molar-refractivity contribution in [3.05, 3.63) is 47.2 Å². The van der Waals surface area contributed by atoms with Crippen molar-refractivity contribution in [2.45, 2.75) is 23.1 Å². The molecule has 27 heavy (non-hydrogen) atoms. The van der Waals surface area contributed by atoms with Gasteiger partial charge in [-0.05, 0) is 5.56 Å². The number of amides is 2. The van der Waals surface area contributed by atoms with E-state index in [2.05, 4.69) is 0 Å². The minimum Gasteiger partial charge on any atom is -0.477 e. The summed E-state index contributed by atoms with van der Waals surface area (Å²) in [5.74, 6) is -2.24. The van der Waals surface area contributed by atoms with Gasteiger partial charge < -0.3 is 21.3 Å². The van der Waals surface area contributed by atoms with E-state index in [1.54, 1.807) is 24.3 Å². The molecular formula is C17H17N3O6S. The van der Waals surface area contributed by atoms with E-state index in [1.807, 2.05) is 6.07 Å². The average Bonchev–Trinajstić information content (AvgIpc) is 2.64. The molecule has 3 rings (SSSR count). The van der Waals surface area contributed by atoms with Crippen LogP contribution >= 0.6 is 11.8 Å². The van der Waals surface area contributed by atoms with Crippen molar-refractivity contribution in [2.24, 2.45) is 11.5 Å². The van der Waals surface area contributed by atoms with Crippen molar-refractivity contribution in [3.63, 3.8) is 0 Å². The summed E-state index contributed by atoms with van der Waals surface area (Å²) in [6.45, 7) is -0.499. The zero-order valence-electron chi connectivity index (χ0n) is 14.0. The van der Waals surface area contributed by atoms with Crippen LogP contribution < -0.4 is 11.5 Å². The van der Waals surface area contributed by atoms with E-state index in [0.29, 0.717) is 0 Å². The van der Waals surface area contributed by atoms with Crippen molar-refractivity contribution >= 4 is 35.5 Å². The Kier molecular flexibility index (Phi) is 5.19. The van der Waals surface area contributed by atoms with Crippen LogP contribution in [0.15, 0.2) is 41.6 Å². The minimum absolute atomic E-state index is 0.0173. The Morgan fingerprint density at radius 2 is 1.89 bits per heavy atom. The lowest BCUT2D eigenvalue weighted by molar-refractivity contribution is -0.148. The Balaban J connectivity index is 1.97. The second-order valence-electron chi connectivity index (χ2n) is 6.06. The molecule has 2 heterocycles. The third-order valence-corrected chi connectivity index (χ3v) is 5.91. The third kappa shape index (κ3) is 3.53. The summed E-state index contributed by atoms with van der Waals surface area (Å²) in [4.78, 5) is 48.8. The number of Topliss-reactive ketones (excluding diaryl/α,β-unsaturated/α-hetero) is 1. The summed E-state index contributed by atoms with van der Waals surface area (Å²) < 4.78 is 4.75. The van der Waals surface area contributed by atoms with Gasteiger partial charge in [-0.15, -0.1) is 11.8 Å². The Bertz CT molecular complexity index is 840. The first-order valence-electron chi connectivity index (χ1n) is 8.00. The van der Waals surface area contributed by atoms with Crippen LogP contribution in [0.5, 0.6) is 0 Å². The molecule has 0 bridgehead atoms. The first-order valence-corrected chi connectivity index (χ1v) is 8.95. The SMILES string of the molecule is NC(=O)OCC1=C(C(=O)O)N2C(=O)C(N)[C@H]2SC1C(=O)Cc1ccccc1. The van der Waals surface area contributed by atoms with E-state index >= 15 is 0 Å². The number of rotatable bonds is 6. The quantitative estimate of drug-likeness (QED) is 0.566. The van der Waals surface area contributed by atoms with Crippen molar-refractivity contribution < 1.29 is 29.0 Å². The van der Waals surface area contributed by atoms with Crippen LogP contribution in [0.25, 0.3) is 0 Å². The topological polar surface area (TPSA) is 153 Å². The molecule has 0 radical (unpaired) electrons. The molecule has 0 aliphatic carbocycles. The number of fused-ring (bicyclic) bond motifs is 1. The predicted molar refractivity (Wildman–Crippen MR) is 95.3 cm³/mol. The van der Waals surface area contributed by atoms with Crippen LogP contribution in [0.4, 0.5) is 4.79 Å². The van der Waals surface area contributed by atoms with Crippen LogP contribution in [0.3, 0.4) is 0 Å². The number of ether oxygens (including phenoxy) is 1. The highest BCUT2D eigenvalue weighted by Gasteiger charge is 2.55. The maximum atomic E-state index is 12.9. The van der Waals surface area contributed by atoms with Gasteiger partial charge in [-0.3, -0.25) is 14.5 Å². The number of nitrogens with zero attached hydrogens (tertiary/aromatic N) is 1. The summed E-state index contributed by atoms with van der Waals surface area (Å²) >= 11 is 1.08. The highest BCUT2D eigenvalue weighted by Crippen LogP contribution is 2.44. The summed E-state index contributed by atoms with van der Waals surface area (Å²) in [6, 6.07) is 8.04. The summed E-state index contributed by atoms with van der Waals surface area (Å²) in [7, 11) is 0. The maximum absolute atomic E-state index is 12.9. The van der Waals surface area contributed by atoms with E-state index in [-0.39, 0.29) is 23.5 Å². The molecule has 142 valence electrons. The number of β-lactam (4-membered cyclic amide) rings is 1. The minimum atomic E-state index is -1.40. The number of benzene rings is 1. The predicted octanol–water partition coefficient (Wildman–Crippen LogP) is -0.157. The Morgan fingerprint density at radius 1 is 1.22 bits per heavy atom. The molecule has 2 amide bonds. The summed E-state index contributed by atoms with van der Waals surface area (Å²) in [5.41, 5.74) is 11.2. The van der Waals surface area contributed by atoms with Crippen molar-refractivity contribution in [3.8, 4) is 0 Å². The maximum Gasteiger partial charge on any atom is 0.404 e. The van der Waals surface area contributed by atoms with Crippen LogP contribution in [-0.4, -0.2) is 57.0 Å². The number of aliphatic carboxylic acids is 1. The van der Waals surface area contributed by atoms with E-state index in [4.69, 9.17) is 16.2 Å². The van der Waals surface area contributed by atoms with Crippen molar-refractivity contribution in [1.82, 2.24) is 4.90 Å². The average molecular weight is 391 g/mol. The number of carbonyl (C=O) groups is 4. The first-order chi connectivity index (χ1) is 12.8. The van der Waals surface area contributed by atoms with Gasteiger partial charge in [0.1, 0.15) is 23.7 Å². The molecule has 2 aliphatic rings. The molecule has 2 unspecified atom stereocenters. The monoisotopic (exact) mass is 391 g/mol. The fourth-order valence-corrected chi connectivity index (χ4v) is 4.54. The number of thioether (sulfide) groups is 1. The van der Waals surface area contributed by atoms with E-state index in [9.17, 15) is 24.3 Å². The van der Waals surface area contributed by atoms with Gasteiger partial charge in [0.2, 0.25) is 5.91 Å². The van der Waals surface area contributed by atoms with Gasteiger partial charge in [-0.2, -0.15) is 0 Å². The highest BCUT2D eigenvalue weighted by molar-refractivity contribution is 8.01. The fraction of sp³-hybridized carbons (Fsp3) is 0.294. The number of hydrogen-bond donors (Lipinski definition) is 3. The van der Waals surface area contributed by atoms with Gasteiger partial charge in [0.15, 0.2) is 5.78 Å². The molecule has 0 aromatic heterocycles. The van der Waals surface area contributed by atoms with Gasteiger partial charge in [-0.1, -0.05) is 30.3 Å². The Morgan fingerprint density at radius 3 is 2.48 bits per heavy atom. The second kappa shape index (κ2) is 7.41. The number of carboxylic acid groups (broad SMARTS) is 1. The van der Waals surface area contributed by atoms with Crippen molar-refractivity contribution in [1.29, 1.82) is 0 Å². The van der Waals surface area contributed by atoms with Gasteiger partial charge in [-0.25, -0.2) is 9.59 Å².